The van der Waals surface area contributed by atoms with Gasteiger partial charge in [-0.15, -0.1) is 0 Å². The third kappa shape index (κ3) is 1.77. The molecule has 0 spiro atoms. The van der Waals surface area contributed by atoms with Gasteiger partial charge >= 0.3 is 0 Å². The number of fused-ring (bicyclic) bond motifs is 1. The van der Waals surface area contributed by atoms with Crippen molar-refractivity contribution < 1.29 is 4.92 Å². The molecule has 0 unspecified atom stereocenters. The Morgan fingerprint density at radius 3 is 2.89 bits per heavy atom. The van der Waals surface area contributed by atoms with E-state index >= 15 is 0 Å². The van der Waals surface area contributed by atoms with Gasteiger partial charge in [0, 0.05) is 41.2 Å². The molecular formula is C12H9N5O2. The zero-order valence-electron chi connectivity index (χ0n) is 9.70. The van der Waals surface area contributed by atoms with E-state index in [1.807, 2.05) is 0 Å². The number of aromatic amines is 1. The maximum Gasteiger partial charge on any atom is 0.270 e. The van der Waals surface area contributed by atoms with E-state index in [0.29, 0.717) is 27.8 Å². The minimum atomic E-state index is -0.442. The molecule has 0 amide bonds. The van der Waals surface area contributed by atoms with Gasteiger partial charge in [0.15, 0.2) is 0 Å². The molecule has 0 radical (unpaired) electrons. The summed E-state index contributed by atoms with van der Waals surface area (Å²) < 4.78 is 0. The molecule has 7 nitrogen and oxygen atoms in total. The smallest absolute Gasteiger partial charge is 0.270 e. The van der Waals surface area contributed by atoms with Gasteiger partial charge in [-0.05, 0) is 12.1 Å². The number of hydrogen-bond donors (Lipinski definition) is 2. The van der Waals surface area contributed by atoms with E-state index in [1.165, 1.54) is 12.1 Å². The van der Waals surface area contributed by atoms with Gasteiger partial charge in [-0.2, -0.15) is 5.10 Å². The third-order valence-corrected chi connectivity index (χ3v) is 2.87. The summed E-state index contributed by atoms with van der Waals surface area (Å²) in [4.78, 5) is 14.4. The first kappa shape index (κ1) is 11.1. The first-order valence-electron chi connectivity index (χ1n) is 5.49. The van der Waals surface area contributed by atoms with Crippen LogP contribution in [0.3, 0.4) is 0 Å². The first-order valence-corrected chi connectivity index (χ1v) is 5.49. The zero-order valence-corrected chi connectivity index (χ0v) is 9.70. The molecule has 1 aromatic carbocycles. The van der Waals surface area contributed by atoms with Crippen LogP contribution in [0.4, 0.5) is 11.4 Å². The van der Waals surface area contributed by atoms with Gasteiger partial charge < -0.3 is 5.73 Å². The Labute approximate surface area is 107 Å². The average Bonchev–Trinajstić information content (AvgIpc) is 2.82. The van der Waals surface area contributed by atoms with Crippen LogP contribution in [-0.4, -0.2) is 20.1 Å². The quantitative estimate of drug-likeness (QED) is 0.538. The molecule has 19 heavy (non-hydrogen) atoms. The monoisotopic (exact) mass is 255 g/mol. The number of aromatic nitrogens is 3. The van der Waals surface area contributed by atoms with Crippen molar-refractivity contribution in [3.8, 4) is 11.3 Å². The predicted octanol–water partition coefficient (Wildman–Crippen LogP) is 2.12. The molecule has 3 rings (SSSR count). The minimum absolute atomic E-state index is 0.0117. The number of rotatable bonds is 2. The van der Waals surface area contributed by atoms with Gasteiger partial charge in [0.25, 0.3) is 5.69 Å². The van der Waals surface area contributed by atoms with Crippen LogP contribution in [-0.2, 0) is 0 Å². The van der Waals surface area contributed by atoms with Crippen molar-refractivity contribution in [2.24, 2.45) is 0 Å². The van der Waals surface area contributed by atoms with Crippen LogP contribution in [0.15, 0.2) is 36.7 Å². The van der Waals surface area contributed by atoms with Crippen molar-refractivity contribution in [2.45, 2.75) is 0 Å². The number of nitrogens with one attached hydrogen (secondary N) is 1. The van der Waals surface area contributed by atoms with E-state index in [9.17, 15) is 10.1 Å². The second-order valence-electron chi connectivity index (χ2n) is 4.02. The molecular weight excluding hydrogens is 246 g/mol. The summed E-state index contributed by atoms with van der Waals surface area (Å²) >= 11 is 0. The normalized spacial score (nSPS) is 10.7. The SMILES string of the molecule is Nc1ccncc1-c1n[nH]c2ccc([N+](=O)[O-])cc12. The number of benzene rings is 1. The summed E-state index contributed by atoms with van der Waals surface area (Å²) in [5.74, 6) is 0. The van der Waals surface area contributed by atoms with Gasteiger partial charge in [-0.25, -0.2) is 0 Å². The maximum atomic E-state index is 10.8. The molecule has 0 aliphatic heterocycles. The largest absolute Gasteiger partial charge is 0.398 e. The molecule has 0 aliphatic carbocycles. The second-order valence-corrected chi connectivity index (χ2v) is 4.02. The number of hydrogen-bond acceptors (Lipinski definition) is 5. The van der Waals surface area contributed by atoms with E-state index in [2.05, 4.69) is 15.2 Å². The molecule has 0 aliphatic rings. The standard InChI is InChI=1S/C12H9N5O2/c13-10-3-4-14-6-9(10)12-8-5-7(17(18)19)1-2-11(8)15-16-12/h1-6H,(H2,13,14)(H,15,16). The lowest BCUT2D eigenvalue weighted by Gasteiger charge is -2.01. The molecule has 0 saturated carbocycles. The van der Waals surface area contributed by atoms with Crippen LogP contribution in [0.25, 0.3) is 22.2 Å². The number of pyridine rings is 1. The highest BCUT2D eigenvalue weighted by Crippen LogP contribution is 2.31. The molecule has 7 heteroatoms. The summed E-state index contributed by atoms with van der Waals surface area (Å²) in [7, 11) is 0. The second kappa shape index (κ2) is 4.05. The number of nitro benzene ring substituents is 1. The van der Waals surface area contributed by atoms with Crippen molar-refractivity contribution in [1.29, 1.82) is 0 Å². The van der Waals surface area contributed by atoms with Crippen LogP contribution in [0.2, 0.25) is 0 Å². The van der Waals surface area contributed by atoms with E-state index in [1.54, 1.807) is 24.5 Å². The zero-order chi connectivity index (χ0) is 13.4. The maximum absolute atomic E-state index is 10.8. The van der Waals surface area contributed by atoms with Crippen molar-refractivity contribution in [3.63, 3.8) is 0 Å². The van der Waals surface area contributed by atoms with Crippen molar-refractivity contribution in [1.82, 2.24) is 15.2 Å². The van der Waals surface area contributed by atoms with Crippen LogP contribution >= 0.6 is 0 Å². The fourth-order valence-corrected chi connectivity index (χ4v) is 1.92. The number of H-pyrrole nitrogens is 1. The number of non-ortho nitro benzene ring substituents is 1. The average molecular weight is 255 g/mol. The predicted molar refractivity (Wildman–Crippen MR) is 70.4 cm³/mol. The van der Waals surface area contributed by atoms with Crippen LogP contribution in [0, 0.1) is 10.1 Å². The van der Waals surface area contributed by atoms with Gasteiger partial charge in [-0.3, -0.25) is 20.2 Å². The van der Waals surface area contributed by atoms with Crippen LogP contribution in [0.1, 0.15) is 0 Å². The van der Waals surface area contributed by atoms with Gasteiger partial charge in [0.1, 0.15) is 5.69 Å². The minimum Gasteiger partial charge on any atom is -0.398 e. The van der Waals surface area contributed by atoms with Crippen molar-refractivity contribution in [3.05, 3.63) is 46.8 Å². The molecule has 0 fully saturated rings. The Kier molecular flexibility index (Phi) is 2.38. The Hall–Kier alpha value is -2.96. The molecule has 2 heterocycles. The number of nitrogen functional groups attached to an aromatic ring is 1. The Balaban J connectivity index is 2.27. The summed E-state index contributed by atoms with van der Waals surface area (Å²) in [5, 5.41) is 18.4. The van der Waals surface area contributed by atoms with Gasteiger partial charge in [0.2, 0.25) is 0 Å². The van der Waals surface area contributed by atoms with E-state index in [0.717, 1.165) is 0 Å². The molecule has 94 valence electrons. The topological polar surface area (TPSA) is 111 Å². The molecule has 2 aromatic heterocycles. The summed E-state index contributed by atoms with van der Waals surface area (Å²) in [5.41, 5.74) is 8.33. The van der Waals surface area contributed by atoms with E-state index in [4.69, 9.17) is 5.73 Å². The Morgan fingerprint density at radius 2 is 2.16 bits per heavy atom. The van der Waals surface area contributed by atoms with Gasteiger partial charge in [0.05, 0.1) is 10.4 Å². The summed E-state index contributed by atoms with van der Waals surface area (Å²) in [6.07, 6.45) is 3.17. The highest BCUT2D eigenvalue weighted by molar-refractivity contribution is 5.96. The Bertz CT molecular complexity index is 781. The molecule has 0 saturated heterocycles. The highest BCUT2D eigenvalue weighted by atomic mass is 16.6. The molecule has 3 N–H and O–H groups in total. The number of nitrogens with zero attached hydrogens (tertiary/aromatic N) is 3. The lowest BCUT2D eigenvalue weighted by molar-refractivity contribution is -0.384. The number of nitrogens with two attached hydrogens (primary N) is 1. The fraction of sp³-hybridized carbons (Fsp3) is 0. The molecule has 3 aromatic rings. The van der Waals surface area contributed by atoms with E-state index < -0.39 is 4.92 Å². The lowest BCUT2D eigenvalue weighted by Crippen LogP contribution is -1.91. The van der Waals surface area contributed by atoms with Crippen molar-refractivity contribution >= 4 is 22.3 Å². The fourth-order valence-electron chi connectivity index (χ4n) is 1.92. The van der Waals surface area contributed by atoms with Crippen molar-refractivity contribution in [2.75, 3.05) is 5.73 Å². The van der Waals surface area contributed by atoms with Gasteiger partial charge in [-0.1, -0.05) is 0 Å². The summed E-state index contributed by atoms with van der Waals surface area (Å²) in [6, 6.07) is 6.18. The first-order chi connectivity index (χ1) is 9.16. The van der Waals surface area contributed by atoms with Crippen LogP contribution in [0.5, 0.6) is 0 Å². The number of anilines is 1. The lowest BCUT2D eigenvalue weighted by atomic mass is 10.1. The van der Waals surface area contributed by atoms with E-state index in [-0.39, 0.29) is 5.69 Å². The molecule has 0 atom stereocenters. The summed E-state index contributed by atoms with van der Waals surface area (Å²) in [6.45, 7) is 0. The highest BCUT2D eigenvalue weighted by Gasteiger charge is 2.14. The third-order valence-electron chi connectivity index (χ3n) is 2.87. The number of nitro groups is 1. The van der Waals surface area contributed by atoms with Crippen LogP contribution < -0.4 is 5.73 Å². The Morgan fingerprint density at radius 1 is 1.32 bits per heavy atom. The molecule has 0 bridgehead atoms.